The van der Waals surface area contributed by atoms with Crippen LogP contribution in [0.1, 0.15) is 12.8 Å². The normalized spacial score (nSPS) is 31.3. The summed E-state index contributed by atoms with van der Waals surface area (Å²) in [7, 11) is 0. The van der Waals surface area contributed by atoms with Crippen LogP contribution in [0.15, 0.2) is 6.20 Å². The lowest BCUT2D eigenvalue weighted by atomic mass is 9.84. The second-order valence-corrected chi connectivity index (χ2v) is 5.92. The zero-order valence-corrected chi connectivity index (χ0v) is 11.7. The van der Waals surface area contributed by atoms with E-state index in [0.717, 1.165) is 24.2 Å². The summed E-state index contributed by atoms with van der Waals surface area (Å²) < 4.78 is 13.1. The summed E-state index contributed by atoms with van der Waals surface area (Å²) in [5.74, 6) is 1.27. The molecule has 0 radical (unpaired) electrons. The fourth-order valence-electron chi connectivity index (χ4n) is 2.94. The largest absolute Gasteiger partial charge is 0.473 e. The number of ether oxygens (including phenoxy) is 1. The fourth-order valence-corrected chi connectivity index (χ4v) is 3.31. The highest BCUT2D eigenvalue weighted by molar-refractivity contribution is 6.99. The van der Waals surface area contributed by atoms with Gasteiger partial charge >= 0.3 is 0 Å². The first kappa shape index (κ1) is 13.2. The van der Waals surface area contributed by atoms with Gasteiger partial charge in [0.1, 0.15) is 18.9 Å². The van der Waals surface area contributed by atoms with Crippen LogP contribution in [0.4, 0.5) is 0 Å². The molecule has 4 heterocycles. The van der Waals surface area contributed by atoms with Crippen molar-refractivity contribution in [3.63, 3.8) is 0 Å². The molecule has 2 atom stereocenters. The number of hydrogen-bond acceptors (Lipinski definition) is 7. The van der Waals surface area contributed by atoms with Crippen LogP contribution in [0.3, 0.4) is 0 Å². The van der Waals surface area contributed by atoms with Gasteiger partial charge in [-0.25, -0.2) is 0 Å². The van der Waals surface area contributed by atoms with Crippen molar-refractivity contribution in [2.24, 2.45) is 5.92 Å². The molecule has 0 spiro atoms. The van der Waals surface area contributed by atoms with E-state index in [9.17, 15) is 5.11 Å². The summed E-state index contributed by atoms with van der Waals surface area (Å²) in [6.45, 7) is 4.44. The van der Waals surface area contributed by atoms with Gasteiger partial charge in [0.2, 0.25) is 5.88 Å². The minimum absolute atomic E-state index is 0.263. The number of nitrogens with zero attached hydrogens (tertiary/aromatic N) is 3. The van der Waals surface area contributed by atoms with Crippen LogP contribution in [-0.2, 0) is 0 Å². The summed E-state index contributed by atoms with van der Waals surface area (Å²) in [6.07, 6.45) is 3.64. The molecule has 19 heavy (non-hydrogen) atoms. The lowest BCUT2D eigenvalue weighted by Gasteiger charge is -2.45. The molecule has 6 nitrogen and oxygen atoms in total. The number of rotatable bonds is 6. The highest BCUT2D eigenvalue weighted by atomic mass is 32.1. The van der Waals surface area contributed by atoms with E-state index in [2.05, 4.69) is 19.0 Å². The number of nitrogens with one attached hydrogen (secondary N) is 1. The Kier molecular flexibility index (Phi) is 4.27. The molecule has 3 aliphatic heterocycles. The maximum Gasteiger partial charge on any atom is 0.245 e. The Morgan fingerprint density at radius 1 is 1.53 bits per heavy atom. The summed E-state index contributed by atoms with van der Waals surface area (Å²) >= 11 is 1.11. The van der Waals surface area contributed by atoms with Crippen LogP contribution in [-0.4, -0.2) is 63.7 Å². The van der Waals surface area contributed by atoms with E-state index in [1.54, 1.807) is 6.20 Å². The van der Waals surface area contributed by atoms with Gasteiger partial charge in [-0.05, 0) is 31.8 Å². The highest BCUT2D eigenvalue weighted by Gasteiger charge is 2.33. The van der Waals surface area contributed by atoms with Crippen LogP contribution in [0.2, 0.25) is 0 Å². The first-order valence-corrected chi connectivity index (χ1v) is 7.58. The second-order valence-electron chi connectivity index (χ2n) is 5.36. The van der Waals surface area contributed by atoms with Crippen molar-refractivity contribution in [2.45, 2.75) is 25.0 Å². The molecule has 1 aromatic heterocycles. The molecule has 0 aromatic carbocycles. The predicted octanol–water partition coefficient (Wildman–Crippen LogP) is -0.0384. The minimum atomic E-state index is -0.503. The average molecular weight is 284 g/mol. The number of aromatic nitrogens is 2. The first-order valence-electron chi connectivity index (χ1n) is 6.85. The molecule has 106 valence electrons. The quantitative estimate of drug-likeness (QED) is 0.764. The third-order valence-corrected chi connectivity index (χ3v) is 4.50. The van der Waals surface area contributed by atoms with E-state index >= 15 is 0 Å². The minimum Gasteiger partial charge on any atom is -0.473 e. The van der Waals surface area contributed by atoms with Gasteiger partial charge in [0.05, 0.1) is 11.7 Å². The molecule has 3 aliphatic rings. The monoisotopic (exact) mass is 284 g/mol. The predicted molar refractivity (Wildman–Crippen MR) is 72.4 cm³/mol. The number of aliphatic hydroxyl groups excluding tert-OH is 1. The van der Waals surface area contributed by atoms with Gasteiger partial charge in [-0.2, -0.15) is 4.37 Å². The van der Waals surface area contributed by atoms with Crippen molar-refractivity contribution in [3.05, 3.63) is 6.20 Å². The number of fused-ring (bicyclic) bond motifs is 3. The fraction of sp³-hybridized carbons (Fsp3) is 0.833. The Hall–Kier alpha value is -0.760. The van der Waals surface area contributed by atoms with Gasteiger partial charge in [-0.1, -0.05) is 0 Å². The maximum absolute atomic E-state index is 9.90. The van der Waals surface area contributed by atoms with Gasteiger partial charge in [-0.15, -0.1) is 4.37 Å². The Bertz CT molecular complexity index is 381. The molecule has 3 fully saturated rings. The smallest absolute Gasteiger partial charge is 0.245 e. The molecule has 0 amide bonds. The van der Waals surface area contributed by atoms with E-state index in [-0.39, 0.29) is 6.61 Å². The summed E-state index contributed by atoms with van der Waals surface area (Å²) in [5.41, 5.74) is 0. The van der Waals surface area contributed by atoms with E-state index in [1.807, 2.05) is 0 Å². The number of hydrogen-bond donors (Lipinski definition) is 2. The molecule has 1 aromatic rings. The van der Waals surface area contributed by atoms with Crippen LogP contribution in [0, 0.1) is 5.92 Å². The Labute approximate surface area is 117 Å². The van der Waals surface area contributed by atoms with Crippen LogP contribution >= 0.6 is 11.7 Å². The van der Waals surface area contributed by atoms with Crippen molar-refractivity contribution in [3.8, 4) is 5.88 Å². The number of aliphatic hydroxyl groups is 1. The standard InChI is InChI=1S/C12H20N4O2S/c17-10(8-18-12-6-14-19-15-12)5-13-11-7-16-3-1-9(11)2-4-16/h6,9-11,13,17H,1-5,7-8H2. The second kappa shape index (κ2) is 6.13. The van der Waals surface area contributed by atoms with Crippen molar-refractivity contribution in [1.29, 1.82) is 0 Å². The van der Waals surface area contributed by atoms with E-state index in [1.165, 1.54) is 25.9 Å². The lowest BCUT2D eigenvalue weighted by Crippen LogP contribution is -2.57. The van der Waals surface area contributed by atoms with Crippen LogP contribution < -0.4 is 10.1 Å². The Balaban J connectivity index is 1.37. The Morgan fingerprint density at radius 2 is 2.37 bits per heavy atom. The summed E-state index contributed by atoms with van der Waals surface area (Å²) in [5, 5.41) is 13.4. The summed E-state index contributed by atoms with van der Waals surface area (Å²) in [6, 6.07) is 0.526. The topological polar surface area (TPSA) is 70.5 Å². The van der Waals surface area contributed by atoms with E-state index in [4.69, 9.17) is 4.74 Å². The van der Waals surface area contributed by atoms with Gasteiger partial charge < -0.3 is 20.1 Å². The van der Waals surface area contributed by atoms with E-state index in [0.29, 0.717) is 18.5 Å². The first-order chi connectivity index (χ1) is 9.31. The molecular formula is C12H20N4O2S. The van der Waals surface area contributed by atoms with Crippen molar-refractivity contribution >= 4 is 11.7 Å². The third-order valence-electron chi connectivity index (χ3n) is 4.04. The molecule has 7 heteroatoms. The van der Waals surface area contributed by atoms with Crippen molar-refractivity contribution in [1.82, 2.24) is 19.0 Å². The van der Waals surface area contributed by atoms with Crippen LogP contribution in [0.5, 0.6) is 5.88 Å². The van der Waals surface area contributed by atoms with Crippen LogP contribution in [0.25, 0.3) is 0 Å². The van der Waals surface area contributed by atoms with Gasteiger partial charge in [0, 0.05) is 19.1 Å². The number of piperidine rings is 3. The van der Waals surface area contributed by atoms with Gasteiger partial charge in [-0.3, -0.25) is 0 Å². The molecule has 2 unspecified atom stereocenters. The zero-order chi connectivity index (χ0) is 13.1. The summed E-state index contributed by atoms with van der Waals surface area (Å²) in [4.78, 5) is 2.50. The van der Waals surface area contributed by atoms with E-state index < -0.39 is 6.10 Å². The van der Waals surface area contributed by atoms with Gasteiger partial charge in [0.25, 0.3) is 0 Å². The molecule has 2 bridgehead atoms. The lowest BCUT2D eigenvalue weighted by molar-refractivity contribution is 0.0547. The van der Waals surface area contributed by atoms with Crippen molar-refractivity contribution in [2.75, 3.05) is 32.8 Å². The molecule has 3 saturated heterocycles. The molecular weight excluding hydrogens is 264 g/mol. The highest BCUT2D eigenvalue weighted by Crippen LogP contribution is 2.27. The molecule has 2 N–H and O–H groups in total. The van der Waals surface area contributed by atoms with Gasteiger partial charge in [0.15, 0.2) is 0 Å². The molecule has 0 saturated carbocycles. The SMILES string of the molecule is OC(CNC1CN2CCC1CC2)COc1cnsn1. The van der Waals surface area contributed by atoms with Crippen molar-refractivity contribution < 1.29 is 9.84 Å². The Morgan fingerprint density at radius 3 is 3.00 bits per heavy atom. The zero-order valence-electron chi connectivity index (χ0n) is 10.9. The molecule has 0 aliphatic carbocycles. The maximum atomic E-state index is 9.90. The average Bonchev–Trinajstić information content (AvgIpc) is 2.97. The third kappa shape index (κ3) is 3.42. The molecule has 4 rings (SSSR count).